The van der Waals surface area contributed by atoms with Gasteiger partial charge in [0.1, 0.15) is 0 Å². The van der Waals surface area contributed by atoms with E-state index in [1.165, 1.54) is 12.1 Å². The average molecular weight is 344 g/mol. The van der Waals surface area contributed by atoms with Crippen LogP contribution in [0.4, 0.5) is 5.69 Å². The fraction of sp³-hybridized carbons (Fsp3) is 0.133. The summed E-state index contributed by atoms with van der Waals surface area (Å²) in [5, 5.41) is 3.68. The molecule has 1 amide bonds. The molecule has 2 aromatic carbocycles. The largest absolute Gasteiger partial charge is 0.330 e. The summed E-state index contributed by atoms with van der Waals surface area (Å²) in [6.45, 7) is 0.571. The lowest BCUT2D eigenvalue weighted by Crippen LogP contribution is -2.13. The van der Waals surface area contributed by atoms with Crippen molar-refractivity contribution in [3.63, 3.8) is 0 Å². The number of nitrogens with two attached hydrogens (primary N) is 1. The van der Waals surface area contributed by atoms with Crippen LogP contribution < -0.4 is 11.1 Å². The van der Waals surface area contributed by atoms with Crippen molar-refractivity contribution in [1.29, 1.82) is 0 Å². The van der Waals surface area contributed by atoms with E-state index in [4.69, 9.17) is 40.5 Å². The van der Waals surface area contributed by atoms with Crippen LogP contribution >= 0.6 is 34.8 Å². The smallest absolute Gasteiger partial charge is 0.255 e. The number of nitrogens with one attached hydrogen (secondary N) is 1. The van der Waals surface area contributed by atoms with E-state index in [-0.39, 0.29) is 5.91 Å². The molecule has 0 radical (unpaired) electrons. The van der Waals surface area contributed by atoms with E-state index < -0.39 is 0 Å². The Balaban J connectivity index is 2.18. The van der Waals surface area contributed by atoms with Crippen LogP contribution in [0.5, 0.6) is 0 Å². The Hall–Kier alpha value is -1.26. The quantitative estimate of drug-likeness (QED) is 0.864. The van der Waals surface area contributed by atoms with E-state index in [0.717, 1.165) is 12.0 Å². The van der Waals surface area contributed by atoms with Gasteiger partial charge >= 0.3 is 0 Å². The lowest BCUT2D eigenvalue weighted by Gasteiger charge is -2.10. The van der Waals surface area contributed by atoms with E-state index in [1.807, 2.05) is 12.1 Å². The molecule has 2 aromatic rings. The molecule has 0 spiro atoms. The minimum atomic E-state index is -0.291. The highest BCUT2D eigenvalue weighted by molar-refractivity contribution is 6.42. The molecular weight excluding hydrogens is 331 g/mol. The zero-order valence-electron chi connectivity index (χ0n) is 11.0. The highest BCUT2D eigenvalue weighted by atomic mass is 35.5. The second-order valence-electron chi connectivity index (χ2n) is 4.43. The van der Waals surface area contributed by atoms with Gasteiger partial charge in [0.15, 0.2) is 0 Å². The molecule has 3 nitrogen and oxygen atoms in total. The van der Waals surface area contributed by atoms with Gasteiger partial charge in [-0.25, -0.2) is 0 Å². The van der Waals surface area contributed by atoms with Crippen LogP contribution in [0.15, 0.2) is 36.4 Å². The Labute approximate surface area is 138 Å². The van der Waals surface area contributed by atoms with Gasteiger partial charge < -0.3 is 11.1 Å². The topological polar surface area (TPSA) is 55.1 Å². The SMILES string of the molecule is NCCc1ccc(C(=O)Nc2c(Cl)cc(Cl)cc2Cl)cc1. The molecule has 0 saturated heterocycles. The molecule has 0 aliphatic rings. The van der Waals surface area contributed by atoms with E-state index in [0.29, 0.717) is 32.9 Å². The summed E-state index contributed by atoms with van der Waals surface area (Å²) in [5.74, 6) is -0.291. The first-order valence-corrected chi connectivity index (χ1v) is 7.39. The third kappa shape index (κ3) is 4.11. The monoisotopic (exact) mass is 342 g/mol. The van der Waals surface area contributed by atoms with Crippen LogP contribution in [-0.4, -0.2) is 12.5 Å². The molecule has 0 unspecified atom stereocenters. The molecule has 0 aliphatic heterocycles. The third-order valence-corrected chi connectivity index (χ3v) is 3.71. The van der Waals surface area contributed by atoms with Crippen molar-refractivity contribution in [3.8, 4) is 0 Å². The third-order valence-electron chi connectivity index (χ3n) is 2.89. The zero-order valence-corrected chi connectivity index (χ0v) is 13.3. The zero-order chi connectivity index (χ0) is 15.4. The number of carbonyl (C=O) groups is 1. The van der Waals surface area contributed by atoms with Gasteiger partial charge in [0.2, 0.25) is 0 Å². The van der Waals surface area contributed by atoms with Crippen LogP contribution in [0.25, 0.3) is 0 Å². The molecule has 110 valence electrons. The fourth-order valence-corrected chi connectivity index (χ4v) is 2.75. The number of hydrogen-bond acceptors (Lipinski definition) is 2. The van der Waals surface area contributed by atoms with Gasteiger partial charge in [0.05, 0.1) is 15.7 Å². The normalized spacial score (nSPS) is 10.5. The number of benzene rings is 2. The molecule has 0 aromatic heterocycles. The van der Waals surface area contributed by atoms with Crippen molar-refractivity contribution in [2.75, 3.05) is 11.9 Å². The summed E-state index contributed by atoms with van der Waals surface area (Å²) in [6, 6.07) is 10.2. The molecule has 0 heterocycles. The van der Waals surface area contributed by atoms with Crippen molar-refractivity contribution in [2.45, 2.75) is 6.42 Å². The van der Waals surface area contributed by atoms with E-state index in [1.54, 1.807) is 12.1 Å². The second kappa shape index (κ2) is 7.14. The highest BCUT2D eigenvalue weighted by Crippen LogP contribution is 2.33. The number of amides is 1. The summed E-state index contributed by atoms with van der Waals surface area (Å²) >= 11 is 17.9. The molecule has 21 heavy (non-hydrogen) atoms. The maximum Gasteiger partial charge on any atom is 0.255 e. The summed E-state index contributed by atoms with van der Waals surface area (Å²) in [5.41, 5.74) is 7.42. The first-order chi connectivity index (χ1) is 10.0. The van der Waals surface area contributed by atoms with Crippen molar-refractivity contribution in [2.24, 2.45) is 5.73 Å². The van der Waals surface area contributed by atoms with Gasteiger partial charge in [-0.05, 0) is 42.8 Å². The fourth-order valence-electron chi connectivity index (χ4n) is 1.84. The van der Waals surface area contributed by atoms with Gasteiger partial charge in [-0.1, -0.05) is 46.9 Å². The summed E-state index contributed by atoms with van der Waals surface area (Å²) < 4.78 is 0. The van der Waals surface area contributed by atoms with Gasteiger partial charge in [0.25, 0.3) is 5.91 Å². The van der Waals surface area contributed by atoms with Crippen molar-refractivity contribution >= 4 is 46.4 Å². The molecule has 0 saturated carbocycles. The molecule has 2 rings (SSSR count). The summed E-state index contributed by atoms with van der Waals surface area (Å²) in [6.07, 6.45) is 0.775. The predicted octanol–water partition coefficient (Wildman–Crippen LogP) is 4.40. The van der Waals surface area contributed by atoms with E-state index in [9.17, 15) is 4.79 Å². The molecule has 6 heteroatoms. The standard InChI is InChI=1S/C15H13Cl3N2O/c16-11-7-12(17)14(13(18)8-11)20-15(21)10-3-1-9(2-4-10)5-6-19/h1-4,7-8H,5-6,19H2,(H,20,21). The second-order valence-corrected chi connectivity index (χ2v) is 5.68. The molecule has 0 fully saturated rings. The number of hydrogen-bond donors (Lipinski definition) is 2. The Morgan fingerprint density at radius 1 is 1.05 bits per heavy atom. The van der Waals surface area contributed by atoms with Gasteiger partial charge in [-0.15, -0.1) is 0 Å². The Morgan fingerprint density at radius 3 is 2.14 bits per heavy atom. The van der Waals surface area contributed by atoms with Crippen molar-refractivity contribution < 1.29 is 4.79 Å². The molecular formula is C15H13Cl3N2O. The van der Waals surface area contributed by atoms with Crippen LogP contribution in [0, 0.1) is 0 Å². The Bertz CT molecular complexity index is 633. The van der Waals surface area contributed by atoms with Crippen LogP contribution in [0.1, 0.15) is 15.9 Å². The first-order valence-electron chi connectivity index (χ1n) is 6.26. The summed E-state index contributed by atoms with van der Waals surface area (Å²) in [7, 11) is 0. The Kier molecular flexibility index (Phi) is 5.48. The highest BCUT2D eigenvalue weighted by Gasteiger charge is 2.12. The maximum atomic E-state index is 12.2. The van der Waals surface area contributed by atoms with Crippen LogP contribution in [0.3, 0.4) is 0 Å². The number of halogens is 3. The molecule has 0 aliphatic carbocycles. The van der Waals surface area contributed by atoms with Gasteiger partial charge in [0, 0.05) is 10.6 Å². The minimum absolute atomic E-state index is 0.291. The first kappa shape index (κ1) is 16.1. The number of carbonyl (C=O) groups excluding carboxylic acids is 1. The van der Waals surface area contributed by atoms with Crippen molar-refractivity contribution in [1.82, 2.24) is 0 Å². The summed E-state index contributed by atoms with van der Waals surface area (Å²) in [4.78, 5) is 12.2. The Morgan fingerprint density at radius 2 is 1.62 bits per heavy atom. The van der Waals surface area contributed by atoms with Gasteiger partial charge in [-0.3, -0.25) is 4.79 Å². The number of anilines is 1. The minimum Gasteiger partial charge on any atom is -0.330 e. The van der Waals surface area contributed by atoms with Crippen LogP contribution in [-0.2, 0) is 6.42 Å². The molecule has 3 N–H and O–H groups in total. The molecule has 0 bridgehead atoms. The molecule has 0 atom stereocenters. The lowest BCUT2D eigenvalue weighted by molar-refractivity contribution is 0.102. The lowest BCUT2D eigenvalue weighted by atomic mass is 10.1. The van der Waals surface area contributed by atoms with Gasteiger partial charge in [-0.2, -0.15) is 0 Å². The average Bonchev–Trinajstić information content (AvgIpc) is 2.43. The van der Waals surface area contributed by atoms with E-state index >= 15 is 0 Å². The maximum absolute atomic E-state index is 12.2. The predicted molar refractivity (Wildman–Crippen MR) is 88.6 cm³/mol. The van der Waals surface area contributed by atoms with Crippen molar-refractivity contribution in [3.05, 3.63) is 62.6 Å². The number of rotatable bonds is 4. The van der Waals surface area contributed by atoms with Crippen LogP contribution in [0.2, 0.25) is 15.1 Å². The van der Waals surface area contributed by atoms with E-state index in [2.05, 4.69) is 5.32 Å².